The van der Waals surface area contributed by atoms with Gasteiger partial charge in [-0.2, -0.15) is 5.10 Å². The summed E-state index contributed by atoms with van der Waals surface area (Å²) in [6, 6.07) is 13.0. The minimum atomic E-state index is -0.370. The van der Waals surface area contributed by atoms with Gasteiger partial charge >= 0.3 is 0 Å². The summed E-state index contributed by atoms with van der Waals surface area (Å²) in [4.78, 5) is 30.3. The van der Waals surface area contributed by atoms with E-state index in [1.54, 1.807) is 24.3 Å². The van der Waals surface area contributed by atoms with E-state index in [-0.39, 0.29) is 23.1 Å². The normalized spacial score (nSPS) is 11.4. The van der Waals surface area contributed by atoms with Gasteiger partial charge in [-0.05, 0) is 30.5 Å². The molecule has 0 fully saturated rings. The molecule has 4 aromatic rings. The lowest BCUT2D eigenvalue weighted by Crippen LogP contribution is -2.29. The van der Waals surface area contributed by atoms with E-state index in [0.29, 0.717) is 22.4 Å². The van der Waals surface area contributed by atoms with E-state index in [4.69, 9.17) is 0 Å². The number of rotatable bonds is 4. The Bertz CT molecular complexity index is 1260. The first kappa shape index (κ1) is 18.3. The summed E-state index contributed by atoms with van der Waals surface area (Å²) in [6.45, 7) is 6.45. The van der Waals surface area contributed by atoms with Crippen molar-refractivity contribution in [1.29, 1.82) is 0 Å². The number of fused-ring (bicyclic) bond motifs is 2. The number of benzene rings is 2. The number of nitrogens with one attached hydrogen (secondary N) is 1. The maximum atomic E-state index is 13.0. The van der Waals surface area contributed by atoms with Crippen molar-refractivity contribution in [2.24, 2.45) is 5.92 Å². The Balaban J connectivity index is 1.78. The Morgan fingerprint density at radius 2 is 1.89 bits per heavy atom. The van der Waals surface area contributed by atoms with Crippen LogP contribution in [0.5, 0.6) is 0 Å². The highest BCUT2D eigenvalue weighted by Gasteiger charge is 2.18. The summed E-state index contributed by atoms with van der Waals surface area (Å²) >= 11 is 1.42. The summed E-state index contributed by atoms with van der Waals surface area (Å²) in [5.41, 5.74) is 1.98. The summed E-state index contributed by atoms with van der Waals surface area (Å²) in [6.07, 6.45) is 0. The predicted molar refractivity (Wildman–Crippen MR) is 113 cm³/mol. The molecule has 0 unspecified atom stereocenters. The van der Waals surface area contributed by atoms with Crippen LogP contribution in [0, 0.1) is 12.8 Å². The minimum Gasteiger partial charge on any atom is -0.296 e. The lowest BCUT2D eigenvalue weighted by molar-refractivity contribution is 0.102. The second-order valence-corrected chi connectivity index (χ2v) is 8.20. The van der Waals surface area contributed by atoms with Crippen LogP contribution in [0.2, 0.25) is 0 Å². The molecule has 0 radical (unpaired) electrons. The standard InChI is InChI=1S/C21H20N4O2S/c1-12(2)11-25-20(27)15-9-5-4-8-14(15)18(24-25)19(26)23-21-22-17-13(3)7-6-10-16(17)28-21/h4-10,12H,11H2,1-3H3,(H,22,23,26). The Morgan fingerprint density at radius 1 is 1.14 bits per heavy atom. The Labute approximate surface area is 165 Å². The van der Waals surface area contributed by atoms with Crippen LogP contribution in [0.4, 0.5) is 5.13 Å². The SMILES string of the molecule is Cc1cccc2sc(NC(=O)c3nn(CC(C)C)c(=O)c4ccccc34)nc12. The largest absolute Gasteiger partial charge is 0.296 e. The zero-order chi connectivity index (χ0) is 19.8. The van der Waals surface area contributed by atoms with Crippen molar-refractivity contribution in [3.8, 4) is 0 Å². The number of anilines is 1. The number of carbonyl (C=O) groups is 1. The highest BCUT2D eigenvalue weighted by Crippen LogP contribution is 2.28. The van der Waals surface area contributed by atoms with Crippen molar-refractivity contribution in [2.45, 2.75) is 27.3 Å². The van der Waals surface area contributed by atoms with Gasteiger partial charge in [-0.1, -0.05) is 55.5 Å². The molecule has 0 saturated carbocycles. The number of para-hydroxylation sites is 1. The first-order chi connectivity index (χ1) is 13.4. The van der Waals surface area contributed by atoms with Gasteiger partial charge < -0.3 is 0 Å². The molecule has 28 heavy (non-hydrogen) atoms. The van der Waals surface area contributed by atoms with Gasteiger partial charge in [0.05, 0.1) is 15.6 Å². The topological polar surface area (TPSA) is 76.9 Å². The van der Waals surface area contributed by atoms with Crippen molar-refractivity contribution in [1.82, 2.24) is 14.8 Å². The van der Waals surface area contributed by atoms with Gasteiger partial charge in [-0.15, -0.1) is 0 Å². The van der Waals surface area contributed by atoms with Crippen LogP contribution in [-0.4, -0.2) is 20.7 Å². The van der Waals surface area contributed by atoms with Crippen LogP contribution in [-0.2, 0) is 6.54 Å². The smallest absolute Gasteiger partial charge is 0.278 e. The zero-order valence-corrected chi connectivity index (χ0v) is 16.7. The molecule has 2 heterocycles. The van der Waals surface area contributed by atoms with Gasteiger partial charge in [-0.25, -0.2) is 9.67 Å². The molecule has 142 valence electrons. The second-order valence-electron chi connectivity index (χ2n) is 7.17. The van der Waals surface area contributed by atoms with E-state index in [9.17, 15) is 9.59 Å². The zero-order valence-electron chi connectivity index (χ0n) is 15.9. The molecule has 0 atom stereocenters. The third-order valence-electron chi connectivity index (χ3n) is 4.46. The molecule has 4 rings (SSSR count). The fourth-order valence-electron chi connectivity index (χ4n) is 3.17. The predicted octanol–water partition coefficient (Wildman–Crippen LogP) is 4.22. The molecule has 7 heteroatoms. The lowest BCUT2D eigenvalue weighted by Gasteiger charge is -2.12. The molecule has 0 aliphatic heterocycles. The van der Waals surface area contributed by atoms with Crippen molar-refractivity contribution < 1.29 is 4.79 Å². The first-order valence-electron chi connectivity index (χ1n) is 9.11. The Hall–Kier alpha value is -3.06. The van der Waals surface area contributed by atoms with E-state index in [1.165, 1.54) is 16.0 Å². The van der Waals surface area contributed by atoms with Crippen molar-refractivity contribution in [3.63, 3.8) is 0 Å². The third-order valence-corrected chi connectivity index (χ3v) is 5.40. The number of nitrogens with zero attached hydrogens (tertiary/aromatic N) is 3. The Morgan fingerprint density at radius 3 is 2.61 bits per heavy atom. The van der Waals surface area contributed by atoms with Gasteiger partial charge in [0.2, 0.25) is 0 Å². The second kappa shape index (κ2) is 7.16. The first-order valence-corrected chi connectivity index (χ1v) is 9.93. The average Bonchev–Trinajstić information content (AvgIpc) is 3.07. The van der Waals surface area contributed by atoms with Gasteiger partial charge in [0, 0.05) is 11.9 Å². The van der Waals surface area contributed by atoms with Crippen LogP contribution >= 0.6 is 11.3 Å². The number of aromatic nitrogens is 3. The number of hydrogen-bond donors (Lipinski definition) is 1. The third kappa shape index (κ3) is 3.29. The number of aryl methyl sites for hydroxylation is 1. The summed E-state index contributed by atoms with van der Waals surface area (Å²) in [5.74, 6) is -0.139. The van der Waals surface area contributed by atoms with Crippen molar-refractivity contribution in [3.05, 3.63) is 64.1 Å². The quantitative estimate of drug-likeness (QED) is 0.564. The number of hydrogen-bond acceptors (Lipinski definition) is 5. The maximum Gasteiger partial charge on any atom is 0.278 e. The highest BCUT2D eigenvalue weighted by molar-refractivity contribution is 7.22. The number of amides is 1. The molecule has 0 saturated heterocycles. The fourth-order valence-corrected chi connectivity index (χ4v) is 4.11. The molecule has 2 aromatic carbocycles. The highest BCUT2D eigenvalue weighted by atomic mass is 32.1. The van der Waals surface area contributed by atoms with Crippen molar-refractivity contribution in [2.75, 3.05) is 5.32 Å². The van der Waals surface area contributed by atoms with Gasteiger partial charge in [0.25, 0.3) is 11.5 Å². The van der Waals surface area contributed by atoms with E-state index in [1.807, 2.05) is 39.0 Å². The van der Waals surface area contributed by atoms with E-state index >= 15 is 0 Å². The fraction of sp³-hybridized carbons (Fsp3) is 0.238. The maximum absolute atomic E-state index is 13.0. The van der Waals surface area contributed by atoms with E-state index in [2.05, 4.69) is 15.4 Å². The Kier molecular flexibility index (Phi) is 4.68. The van der Waals surface area contributed by atoms with Crippen LogP contribution in [0.15, 0.2) is 47.3 Å². The summed E-state index contributed by atoms with van der Waals surface area (Å²) in [7, 11) is 0. The van der Waals surface area contributed by atoms with Crippen LogP contribution in [0.3, 0.4) is 0 Å². The monoisotopic (exact) mass is 392 g/mol. The molecule has 1 N–H and O–H groups in total. The molecule has 6 nitrogen and oxygen atoms in total. The molecule has 0 aliphatic carbocycles. The molecule has 2 aromatic heterocycles. The molecule has 1 amide bonds. The molecular formula is C21H20N4O2S. The molecule has 0 bridgehead atoms. The average molecular weight is 392 g/mol. The summed E-state index contributed by atoms with van der Waals surface area (Å²) < 4.78 is 2.39. The number of thiazole rings is 1. The number of carbonyl (C=O) groups excluding carboxylic acids is 1. The van der Waals surface area contributed by atoms with Crippen LogP contribution in [0.1, 0.15) is 29.9 Å². The van der Waals surface area contributed by atoms with Crippen LogP contribution in [0.25, 0.3) is 21.0 Å². The van der Waals surface area contributed by atoms with Gasteiger partial charge in [-0.3, -0.25) is 14.9 Å². The van der Waals surface area contributed by atoms with Crippen molar-refractivity contribution >= 4 is 43.4 Å². The van der Waals surface area contributed by atoms with E-state index < -0.39 is 0 Å². The van der Waals surface area contributed by atoms with Gasteiger partial charge in [0.1, 0.15) is 0 Å². The molecule has 0 spiro atoms. The molecular weight excluding hydrogens is 372 g/mol. The van der Waals surface area contributed by atoms with E-state index in [0.717, 1.165) is 15.8 Å². The summed E-state index contributed by atoms with van der Waals surface area (Å²) in [5, 5.41) is 8.78. The minimum absolute atomic E-state index is 0.184. The van der Waals surface area contributed by atoms with Crippen LogP contribution < -0.4 is 10.9 Å². The van der Waals surface area contributed by atoms with Gasteiger partial charge in [0.15, 0.2) is 10.8 Å². The molecule has 0 aliphatic rings. The lowest BCUT2D eigenvalue weighted by atomic mass is 10.1.